The van der Waals surface area contributed by atoms with E-state index in [-0.39, 0.29) is 0 Å². The van der Waals surface area contributed by atoms with Gasteiger partial charge in [-0.25, -0.2) is 0 Å². The zero-order chi connectivity index (χ0) is 17.5. The first-order valence-corrected chi connectivity index (χ1v) is 7.65. The third-order valence-electron chi connectivity index (χ3n) is 4.20. The van der Waals surface area contributed by atoms with E-state index in [2.05, 4.69) is 18.2 Å². The van der Waals surface area contributed by atoms with Crippen LogP contribution < -0.4 is 4.90 Å². The highest BCUT2D eigenvalue weighted by molar-refractivity contribution is 5.92. The summed E-state index contributed by atoms with van der Waals surface area (Å²) in [5.74, 6) is 0. The van der Waals surface area contributed by atoms with Crippen molar-refractivity contribution in [3.63, 3.8) is 0 Å². The Morgan fingerprint density at radius 3 is 2.04 bits per heavy atom. The van der Waals surface area contributed by atoms with Gasteiger partial charge in [-0.2, -0.15) is 13.2 Å². The number of hydrogen-bond acceptors (Lipinski definition) is 1. The van der Waals surface area contributed by atoms with Crippen molar-refractivity contribution in [3.05, 3.63) is 65.7 Å². The standard InChI is InChI=1S/C20H18F3N/c1-13-10-15(14-4-6-17(7-5-14)20(21,22)23)11-16-12-18(24(2)3)8-9-19(13)16/h4-12H,1-3H3. The van der Waals surface area contributed by atoms with Gasteiger partial charge in [0, 0.05) is 19.8 Å². The molecule has 124 valence electrons. The van der Waals surface area contributed by atoms with Gasteiger partial charge in [-0.05, 0) is 64.7 Å². The highest BCUT2D eigenvalue weighted by Gasteiger charge is 2.29. The molecule has 0 N–H and O–H groups in total. The first-order valence-electron chi connectivity index (χ1n) is 7.65. The highest BCUT2D eigenvalue weighted by Crippen LogP contribution is 2.33. The first kappa shape index (κ1) is 16.4. The molecular formula is C20H18F3N. The average Bonchev–Trinajstić information content (AvgIpc) is 2.53. The van der Waals surface area contributed by atoms with Crippen molar-refractivity contribution in [1.29, 1.82) is 0 Å². The van der Waals surface area contributed by atoms with E-state index < -0.39 is 11.7 Å². The predicted octanol–water partition coefficient (Wildman–Crippen LogP) is 5.90. The molecule has 0 bridgehead atoms. The van der Waals surface area contributed by atoms with Gasteiger partial charge < -0.3 is 4.90 Å². The smallest absolute Gasteiger partial charge is 0.378 e. The van der Waals surface area contributed by atoms with Crippen LogP contribution in [0.2, 0.25) is 0 Å². The number of alkyl halides is 3. The minimum absolute atomic E-state index is 0.626. The molecule has 3 rings (SSSR count). The molecule has 0 fully saturated rings. The number of benzene rings is 3. The fourth-order valence-corrected chi connectivity index (χ4v) is 2.85. The van der Waals surface area contributed by atoms with Crippen molar-refractivity contribution in [2.45, 2.75) is 13.1 Å². The van der Waals surface area contributed by atoms with E-state index in [9.17, 15) is 13.2 Å². The monoisotopic (exact) mass is 329 g/mol. The summed E-state index contributed by atoms with van der Waals surface area (Å²) in [7, 11) is 3.96. The molecule has 0 saturated heterocycles. The van der Waals surface area contributed by atoms with Gasteiger partial charge in [-0.1, -0.05) is 24.3 Å². The van der Waals surface area contributed by atoms with Crippen LogP contribution in [0.4, 0.5) is 18.9 Å². The Hall–Kier alpha value is -2.49. The molecule has 3 aromatic rings. The lowest BCUT2D eigenvalue weighted by atomic mass is 9.96. The van der Waals surface area contributed by atoms with Gasteiger partial charge in [0.25, 0.3) is 0 Å². The quantitative estimate of drug-likeness (QED) is 0.566. The molecule has 0 heterocycles. The normalized spacial score (nSPS) is 11.8. The van der Waals surface area contributed by atoms with Crippen LogP contribution in [-0.2, 0) is 6.18 Å². The van der Waals surface area contributed by atoms with Gasteiger partial charge >= 0.3 is 6.18 Å². The Kier molecular flexibility index (Phi) is 3.99. The molecule has 3 aromatic carbocycles. The molecule has 0 spiro atoms. The Morgan fingerprint density at radius 1 is 0.792 bits per heavy atom. The molecule has 0 unspecified atom stereocenters. The lowest BCUT2D eigenvalue weighted by molar-refractivity contribution is -0.137. The lowest BCUT2D eigenvalue weighted by Crippen LogP contribution is -2.08. The molecule has 0 radical (unpaired) electrons. The van der Waals surface area contributed by atoms with Crippen LogP contribution in [0.1, 0.15) is 11.1 Å². The van der Waals surface area contributed by atoms with Gasteiger partial charge in [0.05, 0.1) is 5.56 Å². The van der Waals surface area contributed by atoms with E-state index in [1.807, 2.05) is 38.1 Å². The fraction of sp³-hybridized carbons (Fsp3) is 0.200. The maximum absolute atomic E-state index is 12.7. The van der Waals surface area contributed by atoms with Crippen molar-refractivity contribution in [3.8, 4) is 11.1 Å². The highest BCUT2D eigenvalue weighted by atomic mass is 19.4. The number of fused-ring (bicyclic) bond motifs is 1. The minimum Gasteiger partial charge on any atom is -0.378 e. The van der Waals surface area contributed by atoms with Gasteiger partial charge in [0.1, 0.15) is 0 Å². The number of rotatable bonds is 2. The SMILES string of the molecule is Cc1cc(-c2ccc(C(F)(F)F)cc2)cc2cc(N(C)C)ccc12. The van der Waals surface area contributed by atoms with Crippen LogP contribution in [0, 0.1) is 6.92 Å². The van der Waals surface area contributed by atoms with E-state index in [0.717, 1.165) is 45.3 Å². The number of aryl methyl sites for hydroxylation is 1. The summed E-state index contributed by atoms with van der Waals surface area (Å²) in [4.78, 5) is 2.03. The summed E-state index contributed by atoms with van der Waals surface area (Å²) in [6.45, 7) is 2.02. The average molecular weight is 329 g/mol. The Labute approximate surface area is 139 Å². The van der Waals surface area contributed by atoms with Crippen LogP contribution in [0.25, 0.3) is 21.9 Å². The Morgan fingerprint density at radius 2 is 1.46 bits per heavy atom. The van der Waals surface area contributed by atoms with Gasteiger partial charge in [0.2, 0.25) is 0 Å². The number of nitrogens with zero attached hydrogens (tertiary/aromatic N) is 1. The molecular weight excluding hydrogens is 311 g/mol. The summed E-state index contributed by atoms with van der Waals surface area (Å²) in [6, 6.07) is 15.6. The zero-order valence-corrected chi connectivity index (χ0v) is 13.8. The van der Waals surface area contributed by atoms with E-state index in [4.69, 9.17) is 0 Å². The molecule has 4 heteroatoms. The summed E-state index contributed by atoms with van der Waals surface area (Å²) in [5.41, 5.74) is 3.27. The van der Waals surface area contributed by atoms with Crippen LogP contribution >= 0.6 is 0 Å². The second kappa shape index (κ2) is 5.86. The van der Waals surface area contributed by atoms with Crippen molar-refractivity contribution >= 4 is 16.5 Å². The van der Waals surface area contributed by atoms with Crippen LogP contribution in [-0.4, -0.2) is 14.1 Å². The summed E-state index contributed by atoms with van der Waals surface area (Å²) in [6.07, 6.45) is -4.31. The van der Waals surface area contributed by atoms with Crippen LogP contribution in [0.5, 0.6) is 0 Å². The van der Waals surface area contributed by atoms with Crippen LogP contribution in [0.3, 0.4) is 0 Å². The molecule has 0 atom stereocenters. The summed E-state index contributed by atoms with van der Waals surface area (Å²) < 4.78 is 38.1. The number of halogens is 3. The molecule has 0 aromatic heterocycles. The third kappa shape index (κ3) is 3.09. The largest absolute Gasteiger partial charge is 0.416 e. The second-order valence-electron chi connectivity index (χ2n) is 6.17. The van der Waals surface area contributed by atoms with E-state index in [1.54, 1.807) is 0 Å². The predicted molar refractivity (Wildman–Crippen MR) is 93.5 cm³/mol. The molecule has 0 saturated carbocycles. The van der Waals surface area contributed by atoms with Gasteiger partial charge in [-0.15, -0.1) is 0 Å². The van der Waals surface area contributed by atoms with Crippen molar-refractivity contribution < 1.29 is 13.2 Å². The maximum Gasteiger partial charge on any atom is 0.416 e. The fourth-order valence-electron chi connectivity index (χ4n) is 2.85. The Balaban J connectivity index is 2.09. The molecule has 1 nitrogen and oxygen atoms in total. The maximum atomic E-state index is 12.7. The van der Waals surface area contributed by atoms with Crippen molar-refractivity contribution in [2.75, 3.05) is 19.0 Å². The van der Waals surface area contributed by atoms with Gasteiger partial charge in [0.15, 0.2) is 0 Å². The van der Waals surface area contributed by atoms with E-state index in [1.165, 1.54) is 12.1 Å². The summed E-state index contributed by atoms with van der Waals surface area (Å²) >= 11 is 0. The molecule has 24 heavy (non-hydrogen) atoms. The van der Waals surface area contributed by atoms with Gasteiger partial charge in [-0.3, -0.25) is 0 Å². The number of hydrogen-bond donors (Lipinski definition) is 0. The third-order valence-corrected chi connectivity index (χ3v) is 4.20. The van der Waals surface area contributed by atoms with E-state index >= 15 is 0 Å². The lowest BCUT2D eigenvalue weighted by Gasteiger charge is -2.15. The molecule has 0 aliphatic heterocycles. The first-order chi connectivity index (χ1) is 11.3. The Bertz CT molecular complexity index is 878. The molecule has 0 aliphatic carbocycles. The minimum atomic E-state index is -4.31. The molecule has 0 amide bonds. The molecule has 0 aliphatic rings. The summed E-state index contributed by atoms with van der Waals surface area (Å²) in [5, 5.41) is 2.23. The van der Waals surface area contributed by atoms with Crippen LogP contribution in [0.15, 0.2) is 54.6 Å². The number of anilines is 1. The topological polar surface area (TPSA) is 3.24 Å². The van der Waals surface area contributed by atoms with Crippen molar-refractivity contribution in [1.82, 2.24) is 0 Å². The zero-order valence-electron chi connectivity index (χ0n) is 13.8. The second-order valence-corrected chi connectivity index (χ2v) is 6.17. The van der Waals surface area contributed by atoms with E-state index in [0.29, 0.717) is 0 Å². The van der Waals surface area contributed by atoms with Crippen molar-refractivity contribution in [2.24, 2.45) is 0 Å².